The summed E-state index contributed by atoms with van der Waals surface area (Å²) in [7, 11) is 3.82. The van der Waals surface area contributed by atoms with Crippen molar-refractivity contribution < 1.29 is 24.2 Å². The minimum absolute atomic E-state index is 0.0564. The average molecular weight is 480 g/mol. The molecule has 0 radical (unpaired) electrons. The van der Waals surface area contributed by atoms with E-state index in [1.54, 1.807) is 4.90 Å². The Kier molecular flexibility index (Phi) is 7.70. The fourth-order valence-electron chi connectivity index (χ4n) is 4.99. The average Bonchev–Trinajstić information content (AvgIpc) is 3.18. The number of hydrogen-bond acceptors (Lipinski definition) is 5. The fourth-order valence-corrected chi connectivity index (χ4v) is 4.99. The zero-order valence-corrected chi connectivity index (χ0v) is 20.3. The zero-order valence-electron chi connectivity index (χ0n) is 20.3. The van der Waals surface area contributed by atoms with E-state index in [1.807, 2.05) is 43.3 Å². The maximum absolute atomic E-state index is 13.2. The highest BCUT2D eigenvalue weighted by Crippen LogP contribution is 2.44. The van der Waals surface area contributed by atoms with Crippen LogP contribution in [0.3, 0.4) is 0 Å². The molecule has 2 amide bonds. The van der Waals surface area contributed by atoms with Gasteiger partial charge in [0.05, 0.1) is 5.92 Å². The molecule has 2 N–H and O–H groups in total. The minimum Gasteiger partial charge on any atom is -0.481 e. The van der Waals surface area contributed by atoms with Crippen LogP contribution in [0.4, 0.5) is 4.79 Å². The molecule has 8 nitrogen and oxygen atoms in total. The third-order valence-corrected chi connectivity index (χ3v) is 6.95. The van der Waals surface area contributed by atoms with Crippen LogP contribution in [0.5, 0.6) is 0 Å². The van der Waals surface area contributed by atoms with Gasteiger partial charge in [-0.15, -0.1) is 0 Å². The number of likely N-dealkylation sites (tertiary alicyclic amines) is 1. The number of amides is 2. The van der Waals surface area contributed by atoms with Crippen molar-refractivity contribution in [2.45, 2.75) is 31.2 Å². The molecule has 1 atom stereocenters. The van der Waals surface area contributed by atoms with Crippen LogP contribution in [0.15, 0.2) is 48.5 Å². The number of aliphatic carboxylic acids is 1. The van der Waals surface area contributed by atoms with Crippen molar-refractivity contribution in [1.29, 1.82) is 0 Å². The van der Waals surface area contributed by atoms with E-state index in [4.69, 9.17) is 4.74 Å². The third kappa shape index (κ3) is 5.65. The highest BCUT2D eigenvalue weighted by molar-refractivity contribution is 5.86. The second-order valence-corrected chi connectivity index (χ2v) is 9.55. The maximum Gasteiger partial charge on any atom is 0.407 e. The first-order valence-electron chi connectivity index (χ1n) is 12.1. The van der Waals surface area contributed by atoms with E-state index in [-0.39, 0.29) is 18.4 Å². The Morgan fingerprint density at radius 2 is 1.60 bits per heavy atom. The van der Waals surface area contributed by atoms with Crippen molar-refractivity contribution in [1.82, 2.24) is 15.1 Å². The highest BCUT2D eigenvalue weighted by Gasteiger charge is 2.33. The molecule has 1 saturated heterocycles. The van der Waals surface area contributed by atoms with Crippen LogP contribution < -0.4 is 5.32 Å². The van der Waals surface area contributed by atoms with E-state index in [0.29, 0.717) is 38.9 Å². The molecular formula is C27H33N3O5. The highest BCUT2D eigenvalue weighted by atomic mass is 16.5. The van der Waals surface area contributed by atoms with E-state index in [2.05, 4.69) is 29.6 Å². The summed E-state index contributed by atoms with van der Waals surface area (Å²) in [6.45, 7) is 1.55. The molecule has 186 valence electrons. The number of nitrogens with one attached hydrogen (secondary N) is 1. The van der Waals surface area contributed by atoms with Crippen molar-refractivity contribution in [2.75, 3.05) is 40.3 Å². The summed E-state index contributed by atoms with van der Waals surface area (Å²) < 4.78 is 5.65. The van der Waals surface area contributed by atoms with E-state index < -0.39 is 24.0 Å². The van der Waals surface area contributed by atoms with Crippen molar-refractivity contribution >= 4 is 18.0 Å². The van der Waals surface area contributed by atoms with Crippen LogP contribution >= 0.6 is 0 Å². The van der Waals surface area contributed by atoms with Crippen LogP contribution in [-0.4, -0.2) is 79.3 Å². The molecule has 1 aliphatic heterocycles. The van der Waals surface area contributed by atoms with Gasteiger partial charge < -0.3 is 25.0 Å². The number of hydrogen-bond donors (Lipinski definition) is 2. The van der Waals surface area contributed by atoms with Crippen LogP contribution in [0.25, 0.3) is 11.1 Å². The molecule has 1 aliphatic carbocycles. The monoisotopic (exact) mass is 479 g/mol. The Labute approximate surface area is 205 Å². The number of piperidine rings is 1. The van der Waals surface area contributed by atoms with Crippen molar-refractivity contribution in [3.8, 4) is 11.1 Å². The fraction of sp³-hybridized carbons (Fsp3) is 0.444. The molecule has 2 aromatic rings. The predicted octanol–water partition coefficient (Wildman–Crippen LogP) is 3.17. The van der Waals surface area contributed by atoms with Gasteiger partial charge in [0.1, 0.15) is 12.6 Å². The van der Waals surface area contributed by atoms with Gasteiger partial charge in [-0.1, -0.05) is 48.5 Å². The van der Waals surface area contributed by atoms with Crippen LogP contribution in [-0.2, 0) is 14.3 Å². The maximum atomic E-state index is 13.2. The lowest BCUT2D eigenvalue weighted by molar-refractivity contribution is -0.146. The SMILES string of the molecule is CN(C)CCC(NC(=O)OCC1c2ccccc2-c2ccccc21)C(=O)N1CCC(C(=O)O)CC1. The van der Waals surface area contributed by atoms with Crippen LogP contribution in [0.2, 0.25) is 0 Å². The number of carboxylic acids is 1. The molecule has 4 rings (SSSR count). The molecule has 1 heterocycles. The first kappa shape index (κ1) is 24.7. The second-order valence-electron chi connectivity index (χ2n) is 9.55. The number of ether oxygens (including phenoxy) is 1. The standard InChI is InChI=1S/C27H33N3O5/c1-29(2)14-13-24(25(31)30-15-11-18(12-16-30)26(32)33)28-27(34)35-17-23-21-9-5-3-7-19(21)20-8-4-6-10-22(20)23/h3-10,18,23-24H,11-17H2,1-2H3,(H,28,34)(H,32,33). The molecule has 0 saturated carbocycles. The molecular weight excluding hydrogens is 446 g/mol. The van der Waals surface area contributed by atoms with Gasteiger partial charge in [0, 0.05) is 19.0 Å². The van der Waals surface area contributed by atoms with Gasteiger partial charge in [-0.25, -0.2) is 4.79 Å². The summed E-state index contributed by atoms with van der Waals surface area (Å²) in [5, 5.41) is 12.0. The number of alkyl carbamates (subject to hydrolysis) is 1. The summed E-state index contributed by atoms with van der Waals surface area (Å²) in [4.78, 5) is 40.9. The predicted molar refractivity (Wildman–Crippen MR) is 132 cm³/mol. The molecule has 35 heavy (non-hydrogen) atoms. The molecule has 2 aromatic carbocycles. The lowest BCUT2D eigenvalue weighted by Crippen LogP contribution is -2.52. The first-order chi connectivity index (χ1) is 16.8. The molecule has 1 unspecified atom stereocenters. The molecule has 0 spiro atoms. The molecule has 0 aromatic heterocycles. The normalized spacial score (nSPS) is 16.5. The summed E-state index contributed by atoms with van der Waals surface area (Å²) >= 11 is 0. The van der Waals surface area contributed by atoms with E-state index in [9.17, 15) is 19.5 Å². The Balaban J connectivity index is 1.39. The number of carbonyl (C=O) groups excluding carboxylic acids is 2. The number of carboxylic acid groups (broad SMARTS) is 1. The van der Waals surface area contributed by atoms with Crippen molar-refractivity contribution in [3.05, 3.63) is 59.7 Å². The zero-order chi connectivity index (χ0) is 24.9. The lowest BCUT2D eigenvalue weighted by Gasteiger charge is -2.33. The number of nitrogens with zero attached hydrogens (tertiary/aromatic N) is 2. The van der Waals surface area contributed by atoms with Gasteiger partial charge in [0.25, 0.3) is 0 Å². The summed E-state index contributed by atoms with van der Waals surface area (Å²) in [6, 6.07) is 15.5. The van der Waals surface area contributed by atoms with Crippen LogP contribution in [0, 0.1) is 5.92 Å². The summed E-state index contributed by atoms with van der Waals surface area (Å²) in [5.41, 5.74) is 4.56. The molecule has 1 fully saturated rings. The summed E-state index contributed by atoms with van der Waals surface area (Å²) in [6.07, 6.45) is 0.665. The van der Waals surface area contributed by atoms with Gasteiger partial charge in [-0.3, -0.25) is 9.59 Å². The van der Waals surface area contributed by atoms with Crippen LogP contribution in [0.1, 0.15) is 36.3 Å². The molecule has 0 bridgehead atoms. The van der Waals surface area contributed by atoms with Crippen molar-refractivity contribution in [2.24, 2.45) is 5.92 Å². The minimum atomic E-state index is -0.821. The van der Waals surface area contributed by atoms with Gasteiger partial charge in [-0.2, -0.15) is 0 Å². The lowest BCUT2D eigenvalue weighted by atomic mass is 9.96. The Morgan fingerprint density at radius 3 is 2.14 bits per heavy atom. The van der Waals surface area contributed by atoms with Gasteiger partial charge in [0.2, 0.25) is 5.91 Å². The smallest absolute Gasteiger partial charge is 0.407 e. The largest absolute Gasteiger partial charge is 0.481 e. The number of carbonyl (C=O) groups is 3. The van der Waals surface area contributed by atoms with Crippen molar-refractivity contribution in [3.63, 3.8) is 0 Å². The summed E-state index contributed by atoms with van der Waals surface area (Å²) in [5.74, 6) is -1.49. The van der Waals surface area contributed by atoms with Gasteiger partial charge >= 0.3 is 12.1 Å². The molecule has 8 heteroatoms. The number of fused-ring (bicyclic) bond motifs is 3. The third-order valence-electron chi connectivity index (χ3n) is 6.95. The quantitative estimate of drug-likeness (QED) is 0.604. The Bertz CT molecular complexity index is 1030. The number of benzene rings is 2. The molecule has 2 aliphatic rings. The second kappa shape index (κ2) is 10.9. The first-order valence-corrected chi connectivity index (χ1v) is 12.1. The van der Waals surface area contributed by atoms with Gasteiger partial charge in [0.15, 0.2) is 0 Å². The van der Waals surface area contributed by atoms with Gasteiger partial charge in [-0.05, 0) is 62.2 Å². The Hall–Kier alpha value is -3.39. The van der Waals surface area contributed by atoms with E-state index in [0.717, 1.165) is 22.3 Å². The van der Waals surface area contributed by atoms with E-state index >= 15 is 0 Å². The topological polar surface area (TPSA) is 99.2 Å². The van der Waals surface area contributed by atoms with E-state index in [1.165, 1.54) is 0 Å². The number of rotatable bonds is 8. The Morgan fingerprint density at radius 1 is 1.03 bits per heavy atom.